The van der Waals surface area contributed by atoms with Crippen molar-refractivity contribution in [3.8, 4) is 0 Å². The van der Waals surface area contributed by atoms with Crippen LogP contribution in [0, 0.1) is 0 Å². The normalized spacial score (nSPS) is 12.7. The van der Waals surface area contributed by atoms with Crippen molar-refractivity contribution in [1.29, 1.82) is 0 Å². The van der Waals surface area contributed by atoms with Gasteiger partial charge in [0.05, 0.1) is 0 Å². The van der Waals surface area contributed by atoms with Gasteiger partial charge in [-0.15, -0.1) is 0 Å². The fraction of sp³-hybridized carbons (Fsp3) is 0.273. The molecule has 17 heavy (non-hydrogen) atoms. The van der Waals surface area contributed by atoms with Crippen LogP contribution < -0.4 is 5.73 Å². The topological polar surface area (TPSA) is 56.7 Å². The van der Waals surface area contributed by atoms with E-state index < -0.39 is 0 Å². The minimum absolute atomic E-state index is 0.0262. The standard InChI is InChI=1S/C11H13BrN4S/c1-7(13)9-4-3-8(5-10(9)12)17-11-14-6-15-16(11)2/h3-7H,13H2,1-2H3/t7-/m1/s1. The quantitative estimate of drug-likeness (QED) is 0.946. The smallest absolute Gasteiger partial charge is 0.190 e. The molecule has 0 saturated heterocycles. The highest BCUT2D eigenvalue weighted by Crippen LogP contribution is 2.31. The number of halogens is 1. The van der Waals surface area contributed by atoms with Crippen LogP contribution in [0.15, 0.2) is 39.1 Å². The van der Waals surface area contributed by atoms with Gasteiger partial charge in [-0.25, -0.2) is 9.67 Å². The maximum absolute atomic E-state index is 5.86. The van der Waals surface area contributed by atoms with E-state index in [1.165, 1.54) is 0 Å². The summed E-state index contributed by atoms with van der Waals surface area (Å²) < 4.78 is 2.78. The molecule has 2 rings (SSSR count). The number of rotatable bonds is 3. The molecule has 2 aromatic rings. The number of aromatic nitrogens is 3. The lowest BCUT2D eigenvalue weighted by Crippen LogP contribution is -2.05. The summed E-state index contributed by atoms with van der Waals surface area (Å²) in [7, 11) is 1.88. The van der Waals surface area contributed by atoms with E-state index in [0.29, 0.717) is 0 Å². The van der Waals surface area contributed by atoms with Crippen LogP contribution in [0.1, 0.15) is 18.5 Å². The first-order valence-electron chi connectivity index (χ1n) is 5.15. The zero-order chi connectivity index (χ0) is 12.4. The molecule has 0 aliphatic carbocycles. The van der Waals surface area contributed by atoms with E-state index in [0.717, 1.165) is 20.1 Å². The zero-order valence-corrected chi connectivity index (χ0v) is 12.0. The van der Waals surface area contributed by atoms with Gasteiger partial charge in [0.1, 0.15) is 6.33 Å². The van der Waals surface area contributed by atoms with Crippen LogP contribution in [-0.2, 0) is 7.05 Å². The van der Waals surface area contributed by atoms with Gasteiger partial charge >= 0.3 is 0 Å². The van der Waals surface area contributed by atoms with Crippen LogP contribution in [0.5, 0.6) is 0 Å². The van der Waals surface area contributed by atoms with Crippen LogP contribution in [0.25, 0.3) is 0 Å². The highest BCUT2D eigenvalue weighted by atomic mass is 79.9. The first kappa shape index (κ1) is 12.6. The summed E-state index contributed by atoms with van der Waals surface area (Å²) in [5, 5.41) is 4.90. The van der Waals surface area contributed by atoms with Crippen molar-refractivity contribution in [3.05, 3.63) is 34.6 Å². The third-order valence-corrected chi connectivity index (χ3v) is 4.07. The molecule has 0 aliphatic rings. The molecule has 2 N–H and O–H groups in total. The Balaban J connectivity index is 2.24. The summed E-state index contributed by atoms with van der Waals surface area (Å²) >= 11 is 5.11. The molecule has 1 aromatic carbocycles. The second-order valence-electron chi connectivity index (χ2n) is 3.74. The second kappa shape index (κ2) is 5.20. The van der Waals surface area contributed by atoms with Crippen molar-refractivity contribution < 1.29 is 0 Å². The average molecular weight is 313 g/mol. The van der Waals surface area contributed by atoms with Crippen molar-refractivity contribution >= 4 is 27.7 Å². The Hall–Kier alpha value is -0.850. The van der Waals surface area contributed by atoms with E-state index in [9.17, 15) is 0 Å². The molecular formula is C11H13BrN4S. The molecule has 1 heterocycles. The molecule has 0 unspecified atom stereocenters. The van der Waals surface area contributed by atoms with Gasteiger partial charge in [0, 0.05) is 22.5 Å². The Morgan fingerprint density at radius 1 is 1.47 bits per heavy atom. The van der Waals surface area contributed by atoms with E-state index in [-0.39, 0.29) is 6.04 Å². The van der Waals surface area contributed by atoms with Gasteiger partial charge in [-0.1, -0.05) is 33.8 Å². The number of nitrogens with two attached hydrogens (primary N) is 1. The molecule has 0 bridgehead atoms. The largest absolute Gasteiger partial charge is 0.324 e. The van der Waals surface area contributed by atoms with Crippen LogP contribution >= 0.6 is 27.7 Å². The van der Waals surface area contributed by atoms with Crippen molar-refractivity contribution in [3.63, 3.8) is 0 Å². The summed E-state index contributed by atoms with van der Waals surface area (Å²) in [6.07, 6.45) is 1.55. The van der Waals surface area contributed by atoms with Crippen LogP contribution in [-0.4, -0.2) is 14.8 Å². The SMILES string of the molecule is C[C@@H](N)c1ccc(Sc2ncnn2C)cc1Br. The molecule has 1 atom stereocenters. The van der Waals surface area contributed by atoms with E-state index in [1.807, 2.05) is 26.1 Å². The summed E-state index contributed by atoms with van der Waals surface area (Å²) in [5.41, 5.74) is 6.97. The summed E-state index contributed by atoms with van der Waals surface area (Å²) in [4.78, 5) is 5.28. The van der Waals surface area contributed by atoms with Crippen molar-refractivity contribution in [2.45, 2.75) is 23.0 Å². The molecule has 4 nitrogen and oxygen atoms in total. The maximum atomic E-state index is 5.86. The molecule has 0 aliphatic heterocycles. The van der Waals surface area contributed by atoms with E-state index in [1.54, 1.807) is 22.8 Å². The minimum atomic E-state index is 0.0262. The van der Waals surface area contributed by atoms with Gasteiger partial charge in [0.15, 0.2) is 5.16 Å². The van der Waals surface area contributed by atoms with E-state index >= 15 is 0 Å². The fourth-order valence-electron chi connectivity index (χ4n) is 1.42. The van der Waals surface area contributed by atoms with Crippen molar-refractivity contribution in [1.82, 2.24) is 14.8 Å². The Kier molecular flexibility index (Phi) is 3.86. The highest BCUT2D eigenvalue weighted by Gasteiger charge is 2.08. The molecule has 1 aromatic heterocycles. The van der Waals surface area contributed by atoms with Gasteiger partial charge in [0.25, 0.3) is 0 Å². The molecule has 6 heteroatoms. The summed E-state index contributed by atoms with van der Waals surface area (Å²) in [6, 6.07) is 6.16. The maximum Gasteiger partial charge on any atom is 0.190 e. The van der Waals surface area contributed by atoms with Crippen molar-refractivity contribution in [2.24, 2.45) is 12.8 Å². The van der Waals surface area contributed by atoms with Crippen LogP contribution in [0.4, 0.5) is 0 Å². The predicted molar refractivity (Wildman–Crippen MR) is 71.9 cm³/mol. The van der Waals surface area contributed by atoms with Crippen molar-refractivity contribution in [2.75, 3.05) is 0 Å². The predicted octanol–water partition coefficient (Wildman–Crippen LogP) is 2.75. The van der Waals surface area contributed by atoms with Crippen LogP contribution in [0.3, 0.4) is 0 Å². The first-order chi connectivity index (χ1) is 8.08. The molecule has 0 spiro atoms. The molecule has 0 saturated carbocycles. The lowest BCUT2D eigenvalue weighted by Gasteiger charge is -2.09. The third-order valence-electron chi connectivity index (χ3n) is 2.34. The number of benzene rings is 1. The zero-order valence-electron chi connectivity index (χ0n) is 9.59. The van der Waals surface area contributed by atoms with E-state index in [4.69, 9.17) is 5.73 Å². The van der Waals surface area contributed by atoms with Gasteiger partial charge in [-0.3, -0.25) is 0 Å². The Bertz CT molecular complexity index is 524. The molecular weight excluding hydrogens is 300 g/mol. The summed E-state index contributed by atoms with van der Waals surface area (Å²) in [6.45, 7) is 1.97. The third kappa shape index (κ3) is 2.88. The molecule has 0 radical (unpaired) electrons. The first-order valence-corrected chi connectivity index (χ1v) is 6.75. The number of aryl methyl sites for hydroxylation is 1. The lowest BCUT2D eigenvalue weighted by molar-refractivity contribution is 0.685. The minimum Gasteiger partial charge on any atom is -0.324 e. The number of hydrogen-bond donors (Lipinski definition) is 1. The van der Waals surface area contributed by atoms with Gasteiger partial charge < -0.3 is 5.73 Å². The van der Waals surface area contributed by atoms with Crippen LogP contribution in [0.2, 0.25) is 0 Å². The second-order valence-corrected chi connectivity index (χ2v) is 5.64. The Morgan fingerprint density at radius 3 is 2.76 bits per heavy atom. The van der Waals surface area contributed by atoms with Gasteiger partial charge in [0.2, 0.25) is 0 Å². The van der Waals surface area contributed by atoms with E-state index in [2.05, 4.69) is 32.1 Å². The monoisotopic (exact) mass is 312 g/mol. The average Bonchev–Trinajstić information content (AvgIpc) is 2.64. The Labute approximate surface area is 113 Å². The number of nitrogens with zero attached hydrogens (tertiary/aromatic N) is 3. The highest BCUT2D eigenvalue weighted by molar-refractivity contribution is 9.10. The fourth-order valence-corrected chi connectivity index (χ4v) is 3.12. The molecule has 0 amide bonds. The number of hydrogen-bond acceptors (Lipinski definition) is 4. The molecule has 90 valence electrons. The Morgan fingerprint density at radius 2 is 2.24 bits per heavy atom. The molecule has 0 fully saturated rings. The van der Waals surface area contributed by atoms with Gasteiger partial charge in [-0.05, 0) is 24.6 Å². The lowest BCUT2D eigenvalue weighted by atomic mass is 10.1. The van der Waals surface area contributed by atoms with Gasteiger partial charge in [-0.2, -0.15) is 5.10 Å². The summed E-state index contributed by atoms with van der Waals surface area (Å²) in [5.74, 6) is 0.